The van der Waals surface area contributed by atoms with Gasteiger partial charge in [0.25, 0.3) is 0 Å². The van der Waals surface area contributed by atoms with Crippen molar-refractivity contribution in [1.29, 1.82) is 0 Å². The van der Waals surface area contributed by atoms with Crippen LogP contribution in [-0.2, 0) is 16.1 Å². The molecule has 2 N–H and O–H groups in total. The minimum atomic E-state index is -0.232. The molecule has 0 aromatic heterocycles. The van der Waals surface area contributed by atoms with Crippen molar-refractivity contribution in [3.63, 3.8) is 0 Å². The van der Waals surface area contributed by atoms with Gasteiger partial charge in [-0.1, -0.05) is 31.9 Å². The maximum atomic E-state index is 12.1. The van der Waals surface area contributed by atoms with Crippen LogP contribution in [0.5, 0.6) is 0 Å². The van der Waals surface area contributed by atoms with Crippen LogP contribution in [0.1, 0.15) is 51.0 Å². The minimum Gasteiger partial charge on any atom is -0.376 e. The van der Waals surface area contributed by atoms with E-state index in [9.17, 15) is 9.59 Å². The molecule has 2 fully saturated rings. The molecule has 6 heteroatoms. The number of nitrogens with zero attached hydrogens (tertiary/aromatic N) is 1. The summed E-state index contributed by atoms with van der Waals surface area (Å²) in [6, 6.07) is 7.43. The van der Waals surface area contributed by atoms with Crippen molar-refractivity contribution in [2.45, 2.75) is 58.1 Å². The van der Waals surface area contributed by atoms with Crippen LogP contribution in [0.2, 0.25) is 0 Å². The fourth-order valence-corrected chi connectivity index (χ4v) is 3.92. The number of hydrogen-bond acceptors (Lipinski definition) is 3. The molecular weight excluding hydrogens is 342 g/mol. The van der Waals surface area contributed by atoms with Crippen LogP contribution in [-0.4, -0.2) is 42.6 Å². The monoisotopic (exact) mass is 373 g/mol. The van der Waals surface area contributed by atoms with Gasteiger partial charge >= 0.3 is 6.03 Å². The molecule has 2 aliphatic rings. The quantitative estimate of drug-likeness (QED) is 0.719. The highest BCUT2D eigenvalue weighted by Crippen LogP contribution is 2.26. The molecular formula is C21H31N3O3. The molecule has 1 heterocycles. The van der Waals surface area contributed by atoms with Gasteiger partial charge in [-0.3, -0.25) is 4.79 Å². The van der Waals surface area contributed by atoms with E-state index in [-0.39, 0.29) is 11.9 Å². The summed E-state index contributed by atoms with van der Waals surface area (Å²) in [4.78, 5) is 25.7. The first kappa shape index (κ1) is 19.7. The van der Waals surface area contributed by atoms with E-state index in [0.717, 1.165) is 30.6 Å². The Morgan fingerprint density at radius 1 is 1.26 bits per heavy atom. The summed E-state index contributed by atoms with van der Waals surface area (Å²) < 4.78 is 5.92. The lowest BCUT2D eigenvalue weighted by molar-refractivity contribution is -0.128. The fourth-order valence-electron chi connectivity index (χ4n) is 3.92. The number of carbonyl (C=O) groups excluding carboxylic acids is 2. The summed E-state index contributed by atoms with van der Waals surface area (Å²) >= 11 is 0. The zero-order valence-corrected chi connectivity index (χ0v) is 16.2. The van der Waals surface area contributed by atoms with E-state index in [1.165, 1.54) is 19.3 Å². The molecule has 27 heavy (non-hydrogen) atoms. The SMILES string of the molecule is CC1CCCCC1OCCNC(=O)Nc1cccc(CN2CCCC2=O)c1. The van der Waals surface area contributed by atoms with E-state index in [1.54, 1.807) is 0 Å². The molecule has 1 saturated heterocycles. The predicted octanol–water partition coefficient (Wildman–Crippen LogP) is 3.53. The zero-order valence-electron chi connectivity index (χ0n) is 16.2. The van der Waals surface area contributed by atoms with Crippen molar-refractivity contribution < 1.29 is 14.3 Å². The van der Waals surface area contributed by atoms with Gasteiger partial charge < -0.3 is 20.3 Å². The average Bonchev–Trinajstić information content (AvgIpc) is 3.05. The molecule has 1 saturated carbocycles. The third-order valence-corrected chi connectivity index (χ3v) is 5.48. The molecule has 1 aliphatic carbocycles. The van der Waals surface area contributed by atoms with E-state index >= 15 is 0 Å². The molecule has 3 rings (SSSR count). The molecule has 0 radical (unpaired) electrons. The maximum Gasteiger partial charge on any atom is 0.319 e. The van der Waals surface area contributed by atoms with Crippen LogP contribution in [0.3, 0.4) is 0 Å². The summed E-state index contributed by atoms with van der Waals surface area (Å²) in [7, 11) is 0. The summed E-state index contributed by atoms with van der Waals surface area (Å²) in [5.74, 6) is 0.816. The van der Waals surface area contributed by atoms with Gasteiger partial charge in [-0.15, -0.1) is 0 Å². The second-order valence-electron chi connectivity index (χ2n) is 7.67. The summed E-state index contributed by atoms with van der Waals surface area (Å²) in [6.45, 7) is 4.70. The highest BCUT2D eigenvalue weighted by molar-refractivity contribution is 5.89. The Labute approximate surface area is 161 Å². The van der Waals surface area contributed by atoms with Crippen LogP contribution in [0.4, 0.5) is 10.5 Å². The number of likely N-dealkylation sites (tertiary alicyclic amines) is 1. The number of hydrogen-bond donors (Lipinski definition) is 2. The van der Waals surface area contributed by atoms with E-state index < -0.39 is 0 Å². The second kappa shape index (κ2) is 9.74. The molecule has 0 spiro atoms. The number of urea groups is 1. The smallest absolute Gasteiger partial charge is 0.319 e. The minimum absolute atomic E-state index is 0.207. The van der Waals surface area contributed by atoms with Crippen molar-refractivity contribution >= 4 is 17.6 Å². The number of amides is 3. The third kappa shape index (κ3) is 5.96. The normalized spacial score (nSPS) is 22.7. The molecule has 1 aromatic carbocycles. The van der Waals surface area contributed by atoms with Crippen LogP contribution in [0.25, 0.3) is 0 Å². The van der Waals surface area contributed by atoms with E-state index in [1.807, 2.05) is 29.2 Å². The van der Waals surface area contributed by atoms with Gasteiger partial charge in [0.2, 0.25) is 5.91 Å². The Hall–Kier alpha value is -2.08. The van der Waals surface area contributed by atoms with Gasteiger partial charge in [0.15, 0.2) is 0 Å². The van der Waals surface area contributed by atoms with Crippen molar-refractivity contribution in [3.05, 3.63) is 29.8 Å². The Bertz CT molecular complexity index is 649. The summed E-state index contributed by atoms with van der Waals surface area (Å²) in [6.07, 6.45) is 6.80. The molecule has 3 amide bonds. The number of nitrogens with one attached hydrogen (secondary N) is 2. The van der Waals surface area contributed by atoms with Crippen LogP contribution in [0.15, 0.2) is 24.3 Å². The molecule has 0 bridgehead atoms. The van der Waals surface area contributed by atoms with Crippen LogP contribution in [0, 0.1) is 5.92 Å². The Morgan fingerprint density at radius 2 is 2.11 bits per heavy atom. The molecule has 1 aliphatic heterocycles. The molecule has 6 nitrogen and oxygen atoms in total. The number of carbonyl (C=O) groups is 2. The van der Waals surface area contributed by atoms with Crippen molar-refractivity contribution in [2.75, 3.05) is 25.0 Å². The van der Waals surface area contributed by atoms with Crippen molar-refractivity contribution in [2.24, 2.45) is 5.92 Å². The van der Waals surface area contributed by atoms with E-state index in [0.29, 0.717) is 38.1 Å². The lowest BCUT2D eigenvalue weighted by atomic mass is 9.88. The molecule has 1 aromatic rings. The largest absolute Gasteiger partial charge is 0.376 e. The standard InChI is InChI=1S/C21H31N3O3/c1-16-6-2-3-9-19(16)27-13-11-22-21(26)23-18-8-4-7-17(14-18)15-24-12-5-10-20(24)25/h4,7-8,14,16,19H,2-3,5-6,9-13,15H2,1H3,(H2,22,23,26). The number of anilines is 1. The lowest BCUT2D eigenvalue weighted by Gasteiger charge is -2.28. The third-order valence-electron chi connectivity index (χ3n) is 5.48. The summed E-state index contributed by atoms with van der Waals surface area (Å²) in [5, 5.41) is 5.70. The topological polar surface area (TPSA) is 70.7 Å². The Kier molecular flexibility index (Phi) is 7.10. The Balaban J connectivity index is 1.38. The average molecular weight is 373 g/mol. The number of ether oxygens (including phenoxy) is 1. The molecule has 148 valence electrons. The summed E-state index contributed by atoms with van der Waals surface area (Å²) in [5.41, 5.74) is 1.76. The predicted molar refractivity (Wildman–Crippen MR) is 105 cm³/mol. The number of benzene rings is 1. The first-order valence-corrected chi connectivity index (χ1v) is 10.1. The first-order valence-electron chi connectivity index (χ1n) is 10.1. The highest BCUT2D eigenvalue weighted by Gasteiger charge is 2.22. The highest BCUT2D eigenvalue weighted by atomic mass is 16.5. The zero-order chi connectivity index (χ0) is 19.1. The maximum absolute atomic E-state index is 12.1. The molecule has 2 unspecified atom stereocenters. The Morgan fingerprint density at radius 3 is 2.89 bits per heavy atom. The lowest BCUT2D eigenvalue weighted by Crippen LogP contribution is -2.34. The van der Waals surface area contributed by atoms with Gasteiger partial charge in [0.05, 0.1) is 12.7 Å². The first-order chi connectivity index (χ1) is 13.1. The van der Waals surface area contributed by atoms with Gasteiger partial charge in [-0.25, -0.2) is 4.79 Å². The van der Waals surface area contributed by atoms with Crippen molar-refractivity contribution in [3.8, 4) is 0 Å². The molecule has 2 atom stereocenters. The second-order valence-corrected chi connectivity index (χ2v) is 7.67. The van der Waals surface area contributed by atoms with Gasteiger partial charge in [-0.05, 0) is 42.9 Å². The van der Waals surface area contributed by atoms with Crippen LogP contribution >= 0.6 is 0 Å². The van der Waals surface area contributed by atoms with Gasteiger partial charge in [0.1, 0.15) is 0 Å². The van der Waals surface area contributed by atoms with Gasteiger partial charge in [-0.2, -0.15) is 0 Å². The van der Waals surface area contributed by atoms with Gasteiger partial charge in [0, 0.05) is 31.7 Å². The van der Waals surface area contributed by atoms with E-state index in [4.69, 9.17) is 4.74 Å². The van der Waals surface area contributed by atoms with Crippen LogP contribution < -0.4 is 10.6 Å². The number of rotatable bonds is 7. The fraction of sp³-hybridized carbons (Fsp3) is 0.619. The van der Waals surface area contributed by atoms with Crippen molar-refractivity contribution in [1.82, 2.24) is 10.2 Å². The van der Waals surface area contributed by atoms with E-state index in [2.05, 4.69) is 17.6 Å².